The highest BCUT2D eigenvalue weighted by Crippen LogP contribution is 2.32. The molecule has 0 atom stereocenters. The summed E-state index contributed by atoms with van der Waals surface area (Å²) in [5.74, 6) is -0.452. The van der Waals surface area contributed by atoms with Crippen LogP contribution in [0.1, 0.15) is 22.8 Å². The first kappa shape index (κ1) is 13.9. The number of para-hydroxylation sites is 1. The van der Waals surface area contributed by atoms with Crippen LogP contribution in [0.15, 0.2) is 42.5 Å². The number of nitrogen functional groups attached to an aromatic ring is 1. The molecule has 20 heavy (non-hydrogen) atoms. The Bertz CT molecular complexity index is 637. The van der Waals surface area contributed by atoms with E-state index in [1.54, 1.807) is 18.2 Å². The second-order valence-electron chi connectivity index (χ2n) is 4.67. The van der Waals surface area contributed by atoms with Crippen LogP contribution in [0.3, 0.4) is 0 Å². The number of amides is 1. The second kappa shape index (κ2) is 5.65. The molecule has 2 rings (SSSR count). The lowest BCUT2D eigenvalue weighted by Gasteiger charge is -2.27. The number of carbonyl (C=O) groups is 1. The van der Waals surface area contributed by atoms with Crippen molar-refractivity contribution in [1.82, 2.24) is 0 Å². The Morgan fingerprint density at radius 3 is 2.45 bits per heavy atom. The van der Waals surface area contributed by atoms with Gasteiger partial charge in [0.2, 0.25) is 0 Å². The topological polar surface area (TPSA) is 72.3 Å². The maximum Gasteiger partial charge on any atom is 0.250 e. The largest absolute Gasteiger partial charge is 0.399 e. The van der Waals surface area contributed by atoms with Crippen molar-refractivity contribution < 1.29 is 4.79 Å². The van der Waals surface area contributed by atoms with Crippen LogP contribution in [0.2, 0.25) is 0 Å². The van der Waals surface area contributed by atoms with Gasteiger partial charge in [-0.15, -0.1) is 0 Å². The molecule has 2 aromatic rings. The van der Waals surface area contributed by atoms with E-state index in [1.807, 2.05) is 43.0 Å². The summed E-state index contributed by atoms with van der Waals surface area (Å²) in [6.07, 6.45) is 0. The van der Waals surface area contributed by atoms with Gasteiger partial charge in [0.25, 0.3) is 5.91 Å². The smallest absolute Gasteiger partial charge is 0.250 e. The minimum absolute atomic E-state index is 0.452. The van der Waals surface area contributed by atoms with Crippen molar-refractivity contribution in [2.75, 3.05) is 17.2 Å². The first-order chi connectivity index (χ1) is 9.54. The van der Waals surface area contributed by atoms with Crippen LogP contribution in [0.5, 0.6) is 0 Å². The van der Waals surface area contributed by atoms with Gasteiger partial charge in [-0.2, -0.15) is 0 Å². The van der Waals surface area contributed by atoms with Crippen molar-refractivity contribution in [3.05, 3.63) is 53.6 Å². The van der Waals surface area contributed by atoms with Crippen LogP contribution in [-0.2, 0) is 0 Å². The predicted octanol–water partition coefficient (Wildman–Crippen LogP) is 2.83. The first-order valence-corrected chi connectivity index (χ1v) is 6.57. The molecule has 0 radical (unpaired) electrons. The fraction of sp³-hybridized carbons (Fsp3) is 0.188. The van der Waals surface area contributed by atoms with E-state index in [0.29, 0.717) is 17.8 Å². The predicted molar refractivity (Wildman–Crippen MR) is 83.2 cm³/mol. The molecule has 0 unspecified atom stereocenters. The highest BCUT2D eigenvalue weighted by Gasteiger charge is 2.16. The zero-order valence-corrected chi connectivity index (χ0v) is 11.8. The summed E-state index contributed by atoms with van der Waals surface area (Å²) in [6, 6.07) is 13.2. The SMILES string of the molecule is CCN(c1ccccc1C)c1cc(N)ccc1C(N)=O. The van der Waals surface area contributed by atoms with Gasteiger partial charge in [0, 0.05) is 17.9 Å². The number of carbonyl (C=O) groups excluding carboxylic acids is 1. The van der Waals surface area contributed by atoms with Gasteiger partial charge in [-0.25, -0.2) is 0 Å². The summed E-state index contributed by atoms with van der Waals surface area (Å²) >= 11 is 0. The fourth-order valence-corrected chi connectivity index (χ4v) is 2.32. The van der Waals surface area contributed by atoms with Gasteiger partial charge < -0.3 is 16.4 Å². The molecule has 0 aliphatic rings. The number of benzene rings is 2. The molecule has 0 aliphatic carbocycles. The Hall–Kier alpha value is -2.49. The average molecular weight is 269 g/mol. The van der Waals surface area contributed by atoms with E-state index in [4.69, 9.17) is 11.5 Å². The van der Waals surface area contributed by atoms with Crippen LogP contribution in [0.4, 0.5) is 17.1 Å². The number of aryl methyl sites for hydroxylation is 1. The van der Waals surface area contributed by atoms with Crippen LogP contribution < -0.4 is 16.4 Å². The van der Waals surface area contributed by atoms with E-state index in [2.05, 4.69) is 0 Å². The molecule has 0 saturated carbocycles. The number of nitrogens with zero attached hydrogens (tertiary/aromatic N) is 1. The summed E-state index contributed by atoms with van der Waals surface area (Å²) in [7, 11) is 0. The lowest BCUT2D eigenvalue weighted by Crippen LogP contribution is -2.22. The van der Waals surface area contributed by atoms with Gasteiger partial charge in [0.1, 0.15) is 0 Å². The average Bonchev–Trinajstić information content (AvgIpc) is 2.41. The highest BCUT2D eigenvalue weighted by atomic mass is 16.1. The third kappa shape index (κ3) is 2.59. The monoisotopic (exact) mass is 269 g/mol. The standard InChI is InChI=1S/C16H19N3O/c1-3-19(14-7-5-4-6-11(14)2)15-10-12(17)8-9-13(15)16(18)20/h4-10H,3,17H2,1-2H3,(H2,18,20). The summed E-state index contributed by atoms with van der Waals surface area (Å²) in [5.41, 5.74) is 15.3. The Morgan fingerprint density at radius 2 is 1.85 bits per heavy atom. The molecule has 0 spiro atoms. The summed E-state index contributed by atoms with van der Waals surface area (Å²) in [5, 5.41) is 0. The molecule has 4 heteroatoms. The Balaban J connectivity index is 2.60. The zero-order chi connectivity index (χ0) is 14.7. The number of hydrogen-bond donors (Lipinski definition) is 2. The summed E-state index contributed by atoms with van der Waals surface area (Å²) in [4.78, 5) is 13.7. The maximum absolute atomic E-state index is 11.6. The number of primary amides is 1. The molecule has 0 bridgehead atoms. The van der Waals surface area contributed by atoms with Crippen molar-refractivity contribution in [2.24, 2.45) is 5.73 Å². The number of hydrogen-bond acceptors (Lipinski definition) is 3. The molecular formula is C16H19N3O. The zero-order valence-electron chi connectivity index (χ0n) is 11.8. The van der Waals surface area contributed by atoms with Crippen molar-refractivity contribution >= 4 is 23.0 Å². The van der Waals surface area contributed by atoms with Crippen LogP contribution in [0, 0.1) is 6.92 Å². The summed E-state index contributed by atoms with van der Waals surface area (Å²) < 4.78 is 0. The number of nitrogens with two attached hydrogens (primary N) is 2. The molecule has 104 valence electrons. The quantitative estimate of drug-likeness (QED) is 0.838. The van der Waals surface area contributed by atoms with Gasteiger partial charge in [0.15, 0.2) is 0 Å². The van der Waals surface area contributed by atoms with Crippen LogP contribution >= 0.6 is 0 Å². The lowest BCUT2D eigenvalue weighted by atomic mass is 10.1. The molecular weight excluding hydrogens is 250 g/mol. The molecule has 0 aromatic heterocycles. The molecule has 0 aliphatic heterocycles. The Morgan fingerprint density at radius 1 is 1.15 bits per heavy atom. The third-order valence-corrected chi connectivity index (χ3v) is 3.30. The molecule has 4 N–H and O–H groups in total. The Labute approximate surface area is 119 Å². The molecule has 0 saturated heterocycles. The first-order valence-electron chi connectivity index (χ1n) is 6.57. The van der Waals surface area contributed by atoms with E-state index >= 15 is 0 Å². The van der Waals surface area contributed by atoms with Gasteiger partial charge in [-0.1, -0.05) is 18.2 Å². The van der Waals surface area contributed by atoms with Crippen LogP contribution in [0.25, 0.3) is 0 Å². The Kier molecular flexibility index (Phi) is 3.94. The minimum atomic E-state index is -0.452. The molecule has 0 heterocycles. The van der Waals surface area contributed by atoms with Crippen molar-refractivity contribution in [3.63, 3.8) is 0 Å². The van der Waals surface area contributed by atoms with Gasteiger partial charge in [0.05, 0.1) is 11.3 Å². The number of rotatable bonds is 4. The summed E-state index contributed by atoms with van der Waals surface area (Å²) in [6.45, 7) is 4.78. The van der Waals surface area contributed by atoms with E-state index in [-0.39, 0.29) is 0 Å². The third-order valence-electron chi connectivity index (χ3n) is 3.30. The van der Waals surface area contributed by atoms with Gasteiger partial charge in [-0.3, -0.25) is 4.79 Å². The van der Waals surface area contributed by atoms with E-state index in [9.17, 15) is 4.79 Å². The molecule has 2 aromatic carbocycles. The highest BCUT2D eigenvalue weighted by molar-refractivity contribution is 6.00. The number of anilines is 3. The van der Waals surface area contributed by atoms with Gasteiger partial charge >= 0.3 is 0 Å². The molecule has 0 fully saturated rings. The van der Waals surface area contributed by atoms with E-state index in [1.165, 1.54) is 0 Å². The van der Waals surface area contributed by atoms with Crippen molar-refractivity contribution in [1.29, 1.82) is 0 Å². The molecule has 1 amide bonds. The van der Waals surface area contributed by atoms with Gasteiger partial charge in [-0.05, 0) is 43.7 Å². The van der Waals surface area contributed by atoms with Crippen molar-refractivity contribution in [3.8, 4) is 0 Å². The van der Waals surface area contributed by atoms with E-state index < -0.39 is 5.91 Å². The minimum Gasteiger partial charge on any atom is -0.399 e. The van der Waals surface area contributed by atoms with Crippen LogP contribution in [-0.4, -0.2) is 12.5 Å². The second-order valence-corrected chi connectivity index (χ2v) is 4.67. The lowest BCUT2D eigenvalue weighted by molar-refractivity contribution is 0.100. The molecule has 4 nitrogen and oxygen atoms in total. The van der Waals surface area contributed by atoms with Crippen molar-refractivity contribution in [2.45, 2.75) is 13.8 Å². The normalized spacial score (nSPS) is 10.3. The van der Waals surface area contributed by atoms with E-state index in [0.717, 1.165) is 16.9 Å². The fourth-order valence-electron chi connectivity index (χ4n) is 2.32. The maximum atomic E-state index is 11.6.